The van der Waals surface area contributed by atoms with Crippen molar-refractivity contribution in [3.8, 4) is 0 Å². The zero-order valence-electron chi connectivity index (χ0n) is 30.9. The normalized spacial score (nSPS) is 15.2. The Kier molecular flexibility index (Phi) is 5.38. The molecule has 13 rings (SSSR count). The van der Waals surface area contributed by atoms with E-state index in [-0.39, 0.29) is 31.7 Å². The summed E-state index contributed by atoms with van der Waals surface area (Å²) in [5, 5.41) is 0. The minimum absolute atomic E-state index is 0.0131. The van der Waals surface area contributed by atoms with Crippen LogP contribution in [0.25, 0.3) is 0 Å². The number of hydrogen-bond donors (Lipinski definition) is 0. The molecule has 254 valence electrons. The predicted molar refractivity (Wildman–Crippen MR) is 228 cm³/mol. The van der Waals surface area contributed by atoms with Crippen LogP contribution in [-0.2, 0) is 0 Å². The van der Waals surface area contributed by atoms with E-state index in [1.54, 1.807) is 0 Å². The summed E-state index contributed by atoms with van der Waals surface area (Å²) in [6.07, 6.45) is 0. The van der Waals surface area contributed by atoms with Crippen LogP contribution in [0.2, 0.25) is 0 Å². The van der Waals surface area contributed by atoms with Gasteiger partial charge in [-0.05, 0) is 102 Å². The maximum absolute atomic E-state index is 14.5. The van der Waals surface area contributed by atoms with Crippen molar-refractivity contribution in [2.45, 2.75) is 27.7 Å². The number of nitrogens with zero attached hydrogens (tertiary/aromatic N) is 2. The fraction of sp³-hybridized carbons (Fsp3) is 0.0833. The van der Waals surface area contributed by atoms with Gasteiger partial charge < -0.3 is 9.80 Å². The lowest BCUT2D eigenvalue weighted by Gasteiger charge is -2.52. The largest absolute Gasteiger partial charge is 0.312 e. The van der Waals surface area contributed by atoms with Gasteiger partial charge in [-0.25, -0.2) is 0 Å². The van der Waals surface area contributed by atoms with Crippen molar-refractivity contribution < 1.29 is 9.59 Å². The van der Waals surface area contributed by atoms with Crippen molar-refractivity contribution in [3.63, 3.8) is 0 Å². The smallest absolute Gasteiger partial charge is 0.252 e. The Labute approximate surface area is 320 Å². The first-order valence-electron chi connectivity index (χ1n) is 19.4. The summed E-state index contributed by atoms with van der Waals surface area (Å²) in [5.74, 6) is 0.190. The van der Waals surface area contributed by atoms with Crippen LogP contribution < -0.4 is 59.0 Å². The SMILES string of the molecule is Cc1ccc2c(c1)B1c3cc(C)ccc3N3c4cccc5c4B(c4ccc(C)cc4C5=O)c4cc5c(c1c43)N2c1cccc2c1B5c1ccc(C)cc1C2=O. The van der Waals surface area contributed by atoms with Crippen molar-refractivity contribution in [1.29, 1.82) is 0 Å². The number of carbonyl (C=O) groups excluding carboxylic acids is 2. The third kappa shape index (κ3) is 3.45. The molecule has 55 heavy (non-hydrogen) atoms. The number of anilines is 6. The maximum atomic E-state index is 14.5. The minimum Gasteiger partial charge on any atom is -0.312 e. The summed E-state index contributed by atoms with van der Waals surface area (Å²) >= 11 is 0. The van der Waals surface area contributed by atoms with Gasteiger partial charge in [-0.3, -0.25) is 9.59 Å². The summed E-state index contributed by atoms with van der Waals surface area (Å²) in [6.45, 7) is 8.25. The minimum atomic E-state index is -0.133. The van der Waals surface area contributed by atoms with Gasteiger partial charge in [0.25, 0.3) is 6.71 Å². The number of carbonyl (C=O) groups is 2. The first-order valence-corrected chi connectivity index (χ1v) is 19.4. The van der Waals surface area contributed by atoms with Crippen LogP contribution in [0.5, 0.6) is 0 Å². The van der Waals surface area contributed by atoms with Crippen LogP contribution in [0.1, 0.15) is 54.1 Å². The van der Waals surface area contributed by atoms with E-state index in [9.17, 15) is 9.59 Å². The van der Waals surface area contributed by atoms with Gasteiger partial charge in [0.15, 0.2) is 11.6 Å². The molecular formula is C48H31B3N2O2. The Morgan fingerprint density at radius 1 is 0.364 bits per heavy atom. The molecular weight excluding hydrogens is 669 g/mol. The van der Waals surface area contributed by atoms with Crippen molar-refractivity contribution in [3.05, 3.63) is 160 Å². The number of rotatable bonds is 0. The zero-order chi connectivity index (χ0) is 36.8. The highest BCUT2D eigenvalue weighted by molar-refractivity contribution is 7.07. The summed E-state index contributed by atoms with van der Waals surface area (Å²) in [4.78, 5) is 34.0. The molecule has 0 unspecified atom stereocenters. The standard InChI is InChI=1S/C48H31B3N2O2/c1-24-11-15-32-30(19-24)47(54)28-7-5-9-40-42(28)49(32)36-23-37-46-44-45(36)52(40)38-17-13-26(3)21-34(38)51(44)35-22-27(4)14-18-39(35)53(46)41-10-6-8-29-43(41)50(37)33-16-12-25(2)20-31(33)48(29)55/h5-23H,1-4H3. The van der Waals surface area contributed by atoms with E-state index in [1.807, 2.05) is 12.1 Å². The molecule has 0 bridgehead atoms. The Hall–Kier alpha value is -6.33. The highest BCUT2D eigenvalue weighted by Gasteiger charge is 2.54. The molecule has 6 aliphatic heterocycles. The van der Waals surface area contributed by atoms with Crippen LogP contribution >= 0.6 is 0 Å². The second kappa shape index (κ2) is 9.85. The van der Waals surface area contributed by atoms with Gasteiger partial charge in [-0.15, -0.1) is 0 Å². The van der Waals surface area contributed by atoms with Gasteiger partial charge in [0.1, 0.15) is 0 Å². The van der Waals surface area contributed by atoms with E-state index in [0.717, 1.165) is 66.6 Å². The first kappa shape index (κ1) is 30.1. The van der Waals surface area contributed by atoms with Crippen LogP contribution in [0.15, 0.2) is 115 Å². The summed E-state index contributed by atoms with van der Waals surface area (Å²) in [5.41, 5.74) is 25.4. The van der Waals surface area contributed by atoms with Crippen molar-refractivity contribution in [2.75, 3.05) is 9.80 Å². The molecule has 0 aliphatic carbocycles. The number of fused-ring (bicyclic) bond motifs is 14. The molecule has 0 radical (unpaired) electrons. The van der Waals surface area contributed by atoms with E-state index < -0.39 is 0 Å². The Bertz CT molecular complexity index is 2880. The molecule has 0 saturated heterocycles. The monoisotopic (exact) mass is 700 g/mol. The zero-order valence-corrected chi connectivity index (χ0v) is 30.9. The van der Waals surface area contributed by atoms with Gasteiger partial charge >= 0.3 is 0 Å². The molecule has 7 aromatic rings. The van der Waals surface area contributed by atoms with Gasteiger partial charge in [-0.2, -0.15) is 0 Å². The summed E-state index contributed by atoms with van der Waals surface area (Å²) in [7, 11) is 0. The van der Waals surface area contributed by atoms with Crippen LogP contribution in [-0.4, -0.2) is 31.7 Å². The lowest BCUT2D eigenvalue weighted by molar-refractivity contribution is 0.103. The molecule has 4 nitrogen and oxygen atoms in total. The van der Waals surface area contributed by atoms with E-state index in [2.05, 4.69) is 141 Å². The second-order valence-corrected chi connectivity index (χ2v) is 16.6. The summed E-state index contributed by atoms with van der Waals surface area (Å²) in [6, 6.07) is 41.9. The van der Waals surface area contributed by atoms with E-state index >= 15 is 0 Å². The van der Waals surface area contributed by atoms with Crippen LogP contribution in [0.3, 0.4) is 0 Å². The Balaban J connectivity index is 1.25. The van der Waals surface area contributed by atoms with Gasteiger partial charge in [0, 0.05) is 56.4 Å². The molecule has 0 N–H and O–H groups in total. The van der Waals surface area contributed by atoms with E-state index in [1.165, 1.54) is 61.2 Å². The van der Waals surface area contributed by atoms with Gasteiger partial charge in [-0.1, -0.05) is 112 Å². The molecule has 0 spiro atoms. The van der Waals surface area contributed by atoms with Crippen molar-refractivity contribution in [1.82, 2.24) is 0 Å². The van der Waals surface area contributed by atoms with Crippen molar-refractivity contribution in [2.24, 2.45) is 0 Å². The number of aryl methyl sites for hydroxylation is 4. The average molecular weight is 700 g/mol. The Morgan fingerprint density at radius 2 is 0.782 bits per heavy atom. The van der Waals surface area contributed by atoms with Crippen molar-refractivity contribution >= 4 is 115 Å². The average Bonchev–Trinajstić information content (AvgIpc) is 3.19. The van der Waals surface area contributed by atoms with Crippen LogP contribution in [0, 0.1) is 27.7 Å². The third-order valence-corrected chi connectivity index (χ3v) is 13.4. The number of hydrogen-bond acceptors (Lipinski definition) is 4. The van der Waals surface area contributed by atoms with Crippen LogP contribution in [0.4, 0.5) is 34.1 Å². The predicted octanol–water partition coefficient (Wildman–Crippen LogP) is 3.75. The highest BCUT2D eigenvalue weighted by Crippen LogP contribution is 2.46. The lowest BCUT2D eigenvalue weighted by atomic mass is 9.25. The molecule has 7 aromatic carbocycles. The fourth-order valence-electron chi connectivity index (χ4n) is 11.4. The third-order valence-electron chi connectivity index (χ3n) is 13.4. The van der Waals surface area contributed by atoms with Gasteiger partial charge in [0.2, 0.25) is 13.4 Å². The number of ketones is 2. The lowest BCUT2D eigenvalue weighted by Crippen LogP contribution is -2.73. The molecule has 0 amide bonds. The molecule has 0 fully saturated rings. The topological polar surface area (TPSA) is 40.6 Å². The highest BCUT2D eigenvalue weighted by atomic mass is 16.1. The summed E-state index contributed by atoms with van der Waals surface area (Å²) < 4.78 is 0. The number of benzene rings is 7. The fourth-order valence-corrected chi connectivity index (χ4v) is 11.4. The van der Waals surface area contributed by atoms with Gasteiger partial charge in [0.05, 0.1) is 0 Å². The molecule has 0 atom stereocenters. The Morgan fingerprint density at radius 3 is 1.25 bits per heavy atom. The van der Waals surface area contributed by atoms with E-state index in [0.29, 0.717) is 0 Å². The van der Waals surface area contributed by atoms with E-state index in [4.69, 9.17) is 0 Å². The molecule has 7 heteroatoms. The quantitative estimate of drug-likeness (QED) is 0.226. The molecule has 0 saturated carbocycles. The molecule has 6 heterocycles. The first-order chi connectivity index (χ1) is 26.8. The maximum Gasteiger partial charge on any atom is 0.252 e. The molecule has 0 aromatic heterocycles. The molecule has 6 aliphatic rings. The second-order valence-electron chi connectivity index (χ2n) is 16.6.